The van der Waals surface area contributed by atoms with Crippen LogP contribution in [0.4, 0.5) is 0 Å². The van der Waals surface area contributed by atoms with Crippen molar-refractivity contribution in [3.63, 3.8) is 0 Å². The third-order valence-corrected chi connectivity index (χ3v) is 6.80. The minimum absolute atomic E-state index is 0.0564. The lowest BCUT2D eigenvalue weighted by molar-refractivity contribution is -0.384. The van der Waals surface area contributed by atoms with Gasteiger partial charge in [-0.25, -0.2) is 0 Å². The van der Waals surface area contributed by atoms with Crippen molar-refractivity contribution in [1.82, 2.24) is 0 Å². The lowest BCUT2D eigenvalue weighted by Gasteiger charge is -2.44. The molecule has 2 aliphatic rings. The first-order valence-corrected chi connectivity index (χ1v) is 13.0. The molecule has 0 spiro atoms. The van der Waals surface area contributed by atoms with Crippen molar-refractivity contribution in [3.8, 4) is 0 Å². The van der Waals surface area contributed by atoms with Gasteiger partial charge in [-0.2, -0.15) is 0 Å². The van der Waals surface area contributed by atoms with Crippen LogP contribution in [0.25, 0.3) is 0 Å². The molecule has 0 radical (unpaired) electrons. The van der Waals surface area contributed by atoms with Gasteiger partial charge in [0.2, 0.25) is 12.1 Å². The number of hydrogen-bond acceptors (Lipinski definition) is 12. The number of aliphatic hydroxyl groups excluding tert-OH is 7. The number of aliphatic hydroxyl groups is 7. The van der Waals surface area contributed by atoms with E-state index in [0.717, 1.165) is 25.7 Å². The molecule has 0 bridgehead atoms. The maximum atomic E-state index is 12.5. The van der Waals surface area contributed by atoms with Gasteiger partial charge in [-0.05, 0) is 6.42 Å². The van der Waals surface area contributed by atoms with Crippen LogP contribution < -0.4 is 0 Å². The Labute approximate surface area is 211 Å². The summed E-state index contributed by atoms with van der Waals surface area (Å²) < 4.78 is 21.8. The summed E-state index contributed by atoms with van der Waals surface area (Å²) in [5.41, 5.74) is 0. The van der Waals surface area contributed by atoms with Gasteiger partial charge >= 0.3 is 5.97 Å². The largest absolute Gasteiger partial charge is 0.454 e. The van der Waals surface area contributed by atoms with Crippen LogP contribution in [0.2, 0.25) is 0 Å². The summed E-state index contributed by atoms with van der Waals surface area (Å²) in [7, 11) is 0. The number of hydrogen-bond donors (Lipinski definition) is 7. The van der Waals surface area contributed by atoms with Gasteiger partial charge in [-0.1, -0.05) is 58.3 Å². The average Bonchev–Trinajstić information content (AvgIpc) is 3.12. The summed E-state index contributed by atoms with van der Waals surface area (Å²) in [5.74, 6) is -2.95. The summed E-state index contributed by atoms with van der Waals surface area (Å²) in [6.07, 6.45) is -3.07. The summed E-state index contributed by atoms with van der Waals surface area (Å²) in [4.78, 5) is 12.5. The van der Waals surface area contributed by atoms with Crippen molar-refractivity contribution in [2.75, 3.05) is 19.8 Å². The van der Waals surface area contributed by atoms with Crippen molar-refractivity contribution in [2.24, 2.45) is 0 Å². The average molecular weight is 525 g/mol. The highest BCUT2D eigenvalue weighted by Crippen LogP contribution is 2.36. The van der Waals surface area contributed by atoms with Crippen molar-refractivity contribution >= 4 is 5.97 Å². The Balaban J connectivity index is 1.96. The van der Waals surface area contributed by atoms with E-state index in [1.54, 1.807) is 0 Å². The maximum absolute atomic E-state index is 12.5. The molecule has 9 atom stereocenters. The van der Waals surface area contributed by atoms with E-state index in [1.165, 1.54) is 25.7 Å². The highest BCUT2D eigenvalue weighted by Gasteiger charge is 2.59. The van der Waals surface area contributed by atoms with E-state index in [4.69, 9.17) is 18.9 Å². The van der Waals surface area contributed by atoms with Crippen LogP contribution in [0.5, 0.6) is 0 Å². The number of esters is 1. The third-order valence-electron chi connectivity index (χ3n) is 6.80. The van der Waals surface area contributed by atoms with Gasteiger partial charge in [0.25, 0.3) is 0 Å². The van der Waals surface area contributed by atoms with Gasteiger partial charge in [0.15, 0.2) is 6.10 Å². The summed E-state index contributed by atoms with van der Waals surface area (Å²) in [5, 5.41) is 70.1. The zero-order chi connectivity index (χ0) is 26.7. The van der Waals surface area contributed by atoms with Crippen LogP contribution in [0.3, 0.4) is 0 Å². The first-order chi connectivity index (χ1) is 17.2. The molecule has 0 aliphatic carbocycles. The lowest BCUT2D eigenvalue weighted by atomic mass is 9.98. The van der Waals surface area contributed by atoms with Crippen LogP contribution in [-0.2, 0) is 23.7 Å². The molecular weight excluding hydrogens is 480 g/mol. The van der Waals surface area contributed by atoms with E-state index in [0.29, 0.717) is 6.42 Å². The van der Waals surface area contributed by atoms with Crippen molar-refractivity contribution in [2.45, 2.75) is 126 Å². The third kappa shape index (κ3) is 8.03. The Morgan fingerprint density at radius 3 is 1.92 bits per heavy atom. The van der Waals surface area contributed by atoms with Gasteiger partial charge < -0.3 is 54.7 Å². The standard InChI is InChI=1S/C24H44O12/c1-2-3-4-5-6-7-8-9-10-11-17(28)34-21-20(31)18(29)15(12-25)33-23(21)36-24(14-27)22(32)19(30)16(13-26)35-24/h15-16,18-23,25-27,29-32H,2-14H2,1H3/t15-,16-,18-,19-,20+,21-,22+,23?,24?/m1/s1. The number of carbonyl (C=O) groups excluding carboxylic acids is 1. The fourth-order valence-corrected chi connectivity index (χ4v) is 4.53. The maximum Gasteiger partial charge on any atom is 0.306 e. The number of rotatable bonds is 16. The summed E-state index contributed by atoms with van der Waals surface area (Å²) >= 11 is 0. The molecule has 2 fully saturated rings. The van der Waals surface area contributed by atoms with Crippen LogP contribution in [0, 0.1) is 0 Å². The van der Waals surface area contributed by atoms with E-state index in [2.05, 4.69) is 6.92 Å². The van der Waals surface area contributed by atoms with E-state index >= 15 is 0 Å². The van der Waals surface area contributed by atoms with Crippen molar-refractivity contribution < 1.29 is 59.5 Å². The minimum Gasteiger partial charge on any atom is -0.454 e. The Hall–Kier alpha value is -0.930. The molecule has 2 heterocycles. The van der Waals surface area contributed by atoms with Crippen molar-refractivity contribution in [3.05, 3.63) is 0 Å². The molecule has 0 amide bonds. The molecule has 0 aromatic carbocycles. The Morgan fingerprint density at radius 1 is 0.806 bits per heavy atom. The van der Waals surface area contributed by atoms with Crippen LogP contribution in [0.15, 0.2) is 0 Å². The second kappa shape index (κ2) is 15.5. The number of carbonyl (C=O) groups is 1. The Morgan fingerprint density at radius 2 is 1.39 bits per heavy atom. The highest BCUT2D eigenvalue weighted by molar-refractivity contribution is 5.69. The highest BCUT2D eigenvalue weighted by atomic mass is 16.8. The predicted octanol–water partition coefficient (Wildman–Crippen LogP) is -0.924. The van der Waals surface area contributed by atoms with Crippen LogP contribution >= 0.6 is 0 Å². The molecule has 2 aliphatic heterocycles. The SMILES string of the molecule is CCCCCCCCCCCC(=O)O[C@H]1C(OC2(CO)O[C@H](CO)[C@@H](O)[C@@H]2O)O[C@H](CO)[C@@H](O)[C@@H]1O. The fraction of sp³-hybridized carbons (Fsp3) is 0.958. The molecule has 0 saturated carbocycles. The number of ether oxygens (including phenoxy) is 4. The molecule has 12 heteroatoms. The topological polar surface area (TPSA) is 196 Å². The fourth-order valence-electron chi connectivity index (χ4n) is 4.53. The van der Waals surface area contributed by atoms with Gasteiger partial charge in [-0.15, -0.1) is 0 Å². The molecule has 212 valence electrons. The van der Waals surface area contributed by atoms with E-state index in [9.17, 15) is 40.5 Å². The molecule has 0 aromatic rings. The smallest absolute Gasteiger partial charge is 0.306 e. The summed E-state index contributed by atoms with van der Waals surface area (Å²) in [6, 6.07) is 0. The summed E-state index contributed by atoms with van der Waals surface area (Å²) in [6.45, 7) is -0.213. The monoisotopic (exact) mass is 524 g/mol. The second-order valence-electron chi connectivity index (χ2n) is 9.60. The molecule has 12 nitrogen and oxygen atoms in total. The van der Waals surface area contributed by atoms with Gasteiger partial charge in [0.1, 0.15) is 43.2 Å². The van der Waals surface area contributed by atoms with Crippen LogP contribution in [-0.4, -0.2) is 116 Å². The van der Waals surface area contributed by atoms with Gasteiger partial charge in [-0.3, -0.25) is 4.79 Å². The van der Waals surface area contributed by atoms with Crippen molar-refractivity contribution in [1.29, 1.82) is 0 Å². The second-order valence-corrected chi connectivity index (χ2v) is 9.60. The molecule has 2 unspecified atom stereocenters. The quantitative estimate of drug-likeness (QED) is 0.0970. The molecule has 2 saturated heterocycles. The first-order valence-electron chi connectivity index (χ1n) is 13.0. The van der Waals surface area contributed by atoms with Gasteiger partial charge in [0.05, 0.1) is 13.2 Å². The van der Waals surface area contributed by atoms with E-state index in [1.807, 2.05) is 0 Å². The zero-order valence-corrected chi connectivity index (χ0v) is 21.0. The molecule has 0 aromatic heterocycles. The van der Waals surface area contributed by atoms with Gasteiger partial charge in [0, 0.05) is 6.42 Å². The minimum atomic E-state index is -2.28. The molecular formula is C24H44O12. The van der Waals surface area contributed by atoms with Crippen LogP contribution in [0.1, 0.15) is 71.1 Å². The van der Waals surface area contributed by atoms with E-state index in [-0.39, 0.29) is 6.42 Å². The predicted molar refractivity (Wildman–Crippen MR) is 124 cm³/mol. The Bertz CT molecular complexity index is 636. The zero-order valence-electron chi connectivity index (χ0n) is 21.0. The number of unbranched alkanes of at least 4 members (excludes halogenated alkanes) is 8. The molecule has 2 rings (SSSR count). The Kier molecular flexibility index (Phi) is 13.4. The first kappa shape index (κ1) is 31.3. The van der Waals surface area contributed by atoms with E-state index < -0.39 is 80.6 Å². The lowest BCUT2D eigenvalue weighted by Crippen LogP contribution is -2.63. The normalized spacial score (nSPS) is 36.8. The molecule has 7 N–H and O–H groups in total. The molecule has 36 heavy (non-hydrogen) atoms.